The van der Waals surface area contributed by atoms with E-state index in [0.29, 0.717) is 0 Å². The maximum Gasteiger partial charge on any atom is 0.00968 e. The summed E-state index contributed by atoms with van der Waals surface area (Å²) in [6, 6.07) is 56.8. The molecule has 198 valence electrons. The van der Waals surface area contributed by atoms with Crippen molar-refractivity contribution < 1.29 is 0 Å². The summed E-state index contributed by atoms with van der Waals surface area (Å²) in [4.78, 5) is 0. The van der Waals surface area contributed by atoms with E-state index in [0.717, 1.165) is 0 Å². The van der Waals surface area contributed by atoms with Crippen molar-refractivity contribution in [3.63, 3.8) is 0 Å². The zero-order valence-electron chi connectivity index (χ0n) is 23.1. The van der Waals surface area contributed by atoms with Crippen molar-refractivity contribution in [1.82, 2.24) is 0 Å². The van der Waals surface area contributed by atoms with Gasteiger partial charge in [0.2, 0.25) is 0 Å². The summed E-state index contributed by atoms with van der Waals surface area (Å²) in [6.45, 7) is 0. The predicted molar refractivity (Wildman–Crippen MR) is 184 cm³/mol. The van der Waals surface area contributed by atoms with Gasteiger partial charge in [-0.3, -0.25) is 0 Å². The van der Waals surface area contributed by atoms with Gasteiger partial charge >= 0.3 is 0 Å². The smallest absolute Gasteiger partial charge is 0.00968 e. The van der Waals surface area contributed by atoms with Crippen molar-refractivity contribution in [1.29, 1.82) is 0 Å². The highest BCUT2D eigenvalue weighted by molar-refractivity contribution is 7.33. The first kappa shape index (κ1) is 26.3. The van der Waals surface area contributed by atoms with E-state index >= 15 is 0 Å². The minimum atomic E-state index is 1.21. The average molecular weight is 571 g/mol. The van der Waals surface area contributed by atoms with E-state index in [4.69, 9.17) is 0 Å². The van der Waals surface area contributed by atoms with Crippen LogP contribution >= 0.6 is 16.4 Å². The van der Waals surface area contributed by atoms with Crippen LogP contribution < -0.4 is 0 Å². The number of rotatable bonds is 6. The minimum Gasteiger partial charge on any atom is -0.0671 e. The van der Waals surface area contributed by atoms with Gasteiger partial charge in [-0.2, -0.15) is 0 Å². The Kier molecular flexibility index (Phi) is 7.58. The van der Waals surface area contributed by atoms with E-state index < -0.39 is 0 Å². The van der Waals surface area contributed by atoms with E-state index in [2.05, 4.69) is 169 Å². The van der Waals surface area contributed by atoms with Gasteiger partial charge in [0.15, 0.2) is 0 Å². The van der Waals surface area contributed by atoms with E-state index in [1.165, 1.54) is 82.6 Å². The quantitative estimate of drug-likeness (QED) is 0.187. The molecule has 0 N–H and O–H groups in total. The van der Waals surface area contributed by atoms with Gasteiger partial charge in [-0.05, 0) is 85.4 Å². The van der Waals surface area contributed by atoms with Crippen molar-refractivity contribution in [2.75, 3.05) is 0 Å². The van der Waals surface area contributed by atoms with Gasteiger partial charge in [-0.25, -0.2) is 0 Å². The van der Waals surface area contributed by atoms with Gasteiger partial charge in [0.05, 0.1) is 0 Å². The van der Waals surface area contributed by atoms with Crippen molar-refractivity contribution >= 4 is 16.4 Å². The van der Waals surface area contributed by atoms with Crippen LogP contribution in [0.3, 0.4) is 0 Å². The predicted octanol–water partition coefficient (Wildman–Crippen LogP) is 12.8. The molecular weight excluding hydrogens is 542 g/mol. The Morgan fingerprint density at radius 3 is 0.976 bits per heavy atom. The Morgan fingerprint density at radius 2 is 0.595 bits per heavy atom. The van der Waals surface area contributed by atoms with Gasteiger partial charge in [-0.15, -0.1) is 0 Å². The number of hydrogen-bond donors (Lipinski definition) is 0. The number of benzene rings is 5. The van der Waals surface area contributed by atoms with Crippen LogP contribution in [0.1, 0.15) is 0 Å². The third-order valence-corrected chi connectivity index (χ3v) is 9.71. The lowest BCUT2D eigenvalue weighted by Gasteiger charge is -2.16. The third-order valence-electron chi connectivity index (χ3n) is 7.60. The van der Waals surface area contributed by atoms with Crippen molar-refractivity contribution in [2.24, 2.45) is 0 Å². The lowest BCUT2D eigenvalue weighted by Crippen LogP contribution is -1.88. The molecule has 5 aromatic carbocycles. The number of hydrogen-bond acceptors (Lipinski definition) is 0. The second-order valence-electron chi connectivity index (χ2n) is 10.3. The molecule has 0 bridgehead atoms. The monoisotopic (exact) mass is 570 g/mol. The molecule has 0 unspecified atom stereocenters. The van der Waals surface area contributed by atoms with Gasteiger partial charge in [0.1, 0.15) is 0 Å². The highest BCUT2D eigenvalue weighted by atomic mass is 31.0. The SMILES string of the molecule is c1ccc(-c2cc(-c3ccccc3)c(-c3cccc(-c4cpc(-c5ccccc5)cc4-c4ccccc4)c3)cp2)cc1. The summed E-state index contributed by atoms with van der Waals surface area (Å²) in [5.74, 6) is 4.76. The summed E-state index contributed by atoms with van der Waals surface area (Å²) >= 11 is 0. The van der Waals surface area contributed by atoms with Crippen LogP contribution in [0.25, 0.3) is 66.2 Å². The maximum absolute atomic E-state index is 2.38. The summed E-state index contributed by atoms with van der Waals surface area (Å²) in [5.41, 5.74) is 12.6. The molecule has 0 amide bonds. The second-order valence-corrected chi connectivity index (χ2v) is 12.3. The van der Waals surface area contributed by atoms with Crippen molar-refractivity contribution in [3.8, 4) is 66.2 Å². The van der Waals surface area contributed by atoms with E-state index in [1.807, 2.05) is 0 Å². The molecule has 7 rings (SSSR count). The molecule has 2 heterocycles. The van der Waals surface area contributed by atoms with Gasteiger partial charge < -0.3 is 0 Å². The first-order valence-corrected chi connectivity index (χ1v) is 16.1. The molecule has 2 heteroatoms. The standard InChI is InChI=1S/C40H28P2/c1-5-14-29(15-6-1)35-25-39(31-18-9-3-10-19-31)41-27-37(35)33-22-13-23-34(24-33)38-28-42-40(32-20-11-4-12-21-32)26-36(38)30-16-7-2-8-17-30/h1-28H. The molecule has 0 fully saturated rings. The molecule has 0 atom stereocenters. The molecule has 2 aromatic heterocycles. The zero-order valence-corrected chi connectivity index (χ0v) is 24.8. The Labute approximate surface area is 251 Å². The van der Waals surface area contributed by atoms with Crippen LogP contribution in [-0.2, 0) is 0 Å². The zero-order chi connectivity index (χ0) is 28.1. The van der Waals surface area contributed by atoms with Crippen LogP contribution in [0, 0.1) is 0 Å². The third kappa shape index (κ3) is 5.48. The molecule has 42 heavy (non-hydrogen) atoms. The van der Waals surface area contributed by atoms with Crippen LogP contribution in [0.15, 0.2) is 169 Å². The maximum atomic E-state index is 2.38. The molecule has 0 spiro atoms. The van der Waals surface area contributed by atoms with Crippen LogP contribution in [0.5, 0.6) is 0 Å². The van der Waals surface area contributed by atoms with Gasteiger partial charge in [-0.1, -0.05) is 156 Å². The molecule has 0 radical (unpaired) electrons. The van der Waals surface area contributed by atoms with Crippen LogP contribution in [0.2, 0.25) is 0 Å². The molecule has 0 aliphatic rings. The fraction of sp³-hybridized carbons (Fsp3) is 0. The van der Waals surface area contributed by atoms with Crippen LogP contribution in [-0.4, -0.2) is 0 Å². The molecule has 0 saturated carbocycles. The Bertz CT molecular complexity index is 1810. The molecule has 0 nitrogen and oxygen atoms in total. The molecular formula is C40H28P2. The highest BCUT2D eigenvalue weighted by Gasteiger charge is 2.14. The summed E-state index contributed by atoms with van der Waals surface area (Å²) in [7, 11) is 2.41. The lowest BCUT2D eigenvalue weighted by molar-refractivity contribution is 1.59. The molecule has 0 aliphatic carbocycles. The summed E-state index contributed by atoms with van der Waals surface area (Å²) in [5, 5.41) is 2.64. The fourth-order valence-corrected chi connectivity index (χ4v) is 7.59. The molecule has 7 aromatic rings. The largest absolute Gasteiger partial charge is 0.0671 e. The minimum absolute atomic E-state index is 1.21. The Morgan fingerprint density at radius 1 is 0.262 bits per heavy atom. The Balaban J connectivity index is 1.37. The summed E-state index contributed by atoms with van der Waals surface area (Å²) < 4.78 is 0. The first-order valence-electron chi connectivity index (χ1n) is 14.2. The fourth-order valence-electron chi connectivity index (χ4n) is 5.47. The molecule has 0 aliphatic heterocycles. The second kappa shape index (κ2) is 12.1. The first-order chi connectivity index (χ1) is 20.8. The topological polar surface area (TPSA) is 0 Å². The van der Waals surface area contributed by atoms with Gasteiger partial charge in [0.25, 0.3) is 0 Å². The average Bonchev–Trinajstić information content (AvgIpc) is 3.09. The van der Waals surface area contributed by atoms with Crippen molar-refractivity contribution in [2.45, 2.75) is 0 Å². The highest BCUT2D eigenvalue weighted by Crippen LogP contribution is 2.44. The normalized spacial score (nSPS) is 11.2. The van der Waals surface area contributed by atoms with Crippen molar-refractivity contribution in [3.05, 3.63) is 169 Å². The Hall–Kier alpha value is -4.60. The van der Waals surface area contributed by atoms with E-state index in [9.17, 15) is 0 Å². The lowest BCUT2D eigenvalue weighted by atomic mass is 9.92. The molecule has 0 saturated heterocycles. The summed E-state index contributed by atoms with van der Waals surface area (Å²) in [6.07, 6.45) is 0. The van der Waals surface area contributed by atoms with E-state index in [-0.39, 0.29) is 0 Å². The van der Waals surface area contributed by atoms with Gasteiger partial charge in [0, 0.05) is 10.6 Å². The van der Waals surface area contributed by atoms with Crippen LogP contribution in [0.4, 0.5) is 0 Å². The van der Waals surface area contributed by atoms with E-state index in [1.54, 1.807) is 0 Å².